The van der Waals surface area contributed by atoms with Gasteiger partial charge >= 0.3 is 0 Å². The van der Waals surface area contributed by atoms with Crippen LogP contribution in [0.2, 0.25) is 0 Å². The largest absolute Gasteiger partial charge is 0.378 e. The van der Waals surface area contributed by atoms with Gasteiger partial charge in [-0.15, -0.1) is 0 Å². The van der Waals surface area contributed by atoms with Crippen molar-refractivity contribution >= 4 is 17.5 Å². The second-order valence-electron chi connectivity index (χ2n) is 7.25. The summed E-state index contributed by atoms with van der Waals surface area (Å²) < 4.78 is 5.52. The van der Waals surface area contributed by atoms with Gasteiger partial charge in [0.2, 0.25) is 5.95 Å². The van der Waals surface area contributed by atoms with E-state index in [-0.39, 0.29) is 0 Å². The lowest BCUT2D eigenvalue weighted by atomic mass is 10.0. The van der Waals surface area contributed by atoms with Crippen molar-refractivity contribution in [3.63, 3.8) is 0 Å². The van der Waals surface area contributed by atoms with Gasteiger partial charge < -0.3 is 14.5 Å². The molecule has 1 saturated heterocycles. The second kappa shape index (κ2) is 7.20. The quantitative estimate of drug-likeness (QED) is 0.702. The molecule has 6 nitrogen and oxygen atoms in total. The molecule has 0 aliphatic carbocycles. The van der Waals surface area contributed by atoms with Gasteiger partial charge in [-0.2, -0.15) is 4.98 Å². The molecule has 1 aromatic carbocycles. The van der Waals surface area contributed by atoms with Crippen LogP contribution in [-0.4, -0.2) is 47.8 Å². The molecular formula is C22H23N5O. The van der Waals surface area contributed by atoms with Crippen LogP contribution in [0.3, 0.4) is 0 Å². The van der Waals surface area contributed by atoms with Crippen molar-refractivity contribution in [2.24, 2.45) is 0 Å². The van der Waals surface area contributed by atoms with Crippen LogP contribution < -0.4 is 9.80 Å². The third-order valence-corrected chi connectivity index (χ3v) is 5.37. The van der Waals surface area contributed by atoms with E-state index in [1.54, 1.807) is 0 Å². The number of aryl methyl sites for hydroxylation is 1. The van der Waals surface area contributed by atoms with Gasteiger partial charge in [0.05, 0.1) is 18.9 Å². The predicted octanol–water partition coefficient (Wildman–Crippen LogP) is 3.38. The van der Waals surface area contributed by atoms with Crippen LogP contribution in [0, 0.1) is 6.92 Å². The SMILES string of the molecule is Cc1cccc(-c2nc(N3CCOCC3)nc3c2CCN3c2ccncc2)c1. The highest BCUT2D eigenvalue weighted by Gasteiger charge is 2.29. The summed E-state index contributed by atoms with van der Waals surface area (Å²) in [5.74, 6) is 1.80. The zero-order valence-corrected chi connectivity index (χ0v) is 16.0. The van der Waals surface area contributed by atoms with Crippen molar-refractivity contribution in [3.05, 3.63) is 59.9 Å². The number of hydrogen-bond acceptors (Lipinski definition) is 6. The van der Waals surface area contributed by atoms with Crippen molar-refractivity contribution in [2.75, 3.05) is 42.6 Å². The first kappa shape index (κ1) is 17.1. The summed E-state index contributed by atoms with van der Waals surface area (Å²) in [5, 5.41) is 0. The van der Waals surface area contributed by atoms with Gasteiger partial charge in [-0.25, -0.2) is 4.98 Å². The Labute approximate surface area is 164 Å². The number of benzene rings is 1. The summed E-state index contributed by atoms with van der Waals surface area (Å²) in [7, 11) is 0. The first-order valence-electron chi connectivity index (χ1n) is 9.78. The normalized spacial score (nSPS) is 16.3. The molecule has 142 valence electrons. The molecule has 0 atom stereocenters. The molecule has 0 spiro atoms. The topological polar surface area (TPSA) is 54.4 Å². The number of morpholine rings is 1. The Morgan fingerprint density at radius 2 is 1.79 bits per heavy atom. The van der Waals surface area contributed by atoms with Crippen LogP contribution >= 0.6 is 0 Å². The van der Waals surface area contributed by atoms with Gasteiger partial charge in [0.25, 0.3) is 0 Å². The molecule has 0 saturated carbocycles. The minimum Gasteiger partial charge on any atom is -0.378 e. The number of fused-ring (bicyclic) bond motifs is 1. The number of nitrogens with zero attached hydrogens (tertiary/aromatic N) is 5. The van der Waals surface area contributed by atoms with E-state index in [4.69, 9.17) is 14.7 Å². The molecular weight excluding hydrogens is 350 g/mol. The van der Waals surface area contributed by atoms with E-state index >= 15 is 0 Å². The Hall–Kier alpha value is -2.99. The predicted molar refractivity (Wildman–Crippen MR) is 110 cm³/mol. The Kier molecular flexibility index (Phi) is 4.41. The molecule has 0 bridgehead atoms. The number of rotatable bonds is 3. The number of ether oxygens (including phenoxy) is 1. The van der Waals surface area contributed by atoms with E-state index in [2.05, 4.69) is 46.0 Å². The third kappa shape index (κ3) is 3.10. The highest BCUT2D eigenvalue weighted by atomic mass is 16.5. The molecule has 5 rings (SSSR count). The lowest BCUT2D eigenvalue weighted by Crippen LogP contribution is -2.37. The number of pyridine rings is 1. The summed E-state index contributed by atoms with van der Waals surface area (Å²) in [4.78, 5) is 18.7. The number of hydrogen-bond donors (Lipinski definition) is 0. The van der Waals surface area contributed by atoms with Gasteiger partial charge in [-0.3, -0.25) is 4.98 Å². The molecule has 2 aliphatic heterocycles. The molecule has 0 amide bonds. The van der Waals surface area contributed by atoms with Gasteiger partial charge in [-0.1, -0.05) is 23.8 Å². The van der Waals surface area contributed by atoms with Crippen LogP contribution in [-0.2, 0) is 11.2 Å². The minimum atomic E-state index is 0.717. The molecule has 6 heteroatoms. The van der Waals surface area contributed by atoms with Crippen molar-refractivity contribution in [2.45, 2.75) is 13.3 Å². The van der Waals surface area contributed by atoms with Gasteiger partial charge in [0.15, 0.2) is 0 Å². The van der Waals surface area contributed by atoms with E-state index in [0.717, 1.165) is 54.8 Å². The fourth-order valence-electron chi connectivity index (χ4n) is 3.95. The van der Waals surface area contributed by atoms with Crippen LogP contribution in [0.5, 0.6) is 0 Å². The average molecular weight is 373 g/mol. The smallest absolute Gasteiger partial charge is 0.228 e. The zero-order valence-electron chi connectivity index (χ0n) is 16.0. The van der Waals surface area contributed by atoms with Gasteiger partial charge in [0.1, 0.15) is 5.82 Å². The van der Waals surface area contributed by atoms with E-state index < -0.39 is 0 Å². The Morgan fingerprint density at radius 1 is 0.964 bits per heavy atom. The maximum absolute atomic E-state index is 5.52. The molecule has 0 unspecified atom stereocenters. The summed E-state index contributed by atoms with van der Waals surface area (Å²) in [6.07, 6.45) is 4.60. The Balaban J connectivity index is 1.66. The molecule has 2 aromatic heterocycles. The number of anilines is 3. The van der Waals surface area contributed by atoms with Crippen LogP contribution in [0.1, 0.15) is 11.1 Å². The fourth-order valence-corrected chi connectivity index (χ4v) is 3.95. The van der Waals surface area contributed by atoms with E-state index in [1.807, 2.05) is 24.5 Å². The minimum absolute atomic E-state index is 0.717. The van der Waals surface area contributed by atoms with E-state index in [0.29, 0.717) is 13.2 Å². The zero-order chi connectivity index (χ0) is 18.9. The molecule has 4 heterocycles. The summed E-state index contributed by atoms with van der Waals surface area (Å²) >= 11 is 0. The lowest BCUT2D eigenvalue weighted by Gasteiger charge is -2.28. The monoisotopic (exact) mass is 373 g/mol. The summed E-state index contributed by atoms with van der Waals surface area (Å²) in [6.45, 7) is 6.10. The van der Waals surface area contributed by atoms with Crippen molar-refractivity contribution in [1.29, 1.82) is 0 Å². The fraction of sp³-hybridized carbons (Fsp3) is 0.318. The highest BCUT2D eigenvalue weighted by Crippen LogP contribution is 2.39. The van der Waals surface area contributed by atoms with Gasteiger partial charge in [-0.05, 0) is 31.5 Å². The molecule has 1 fully saturated rings. The second-order valence-corrected chi connectivity index (χ2v) is 7.25. The van der Waals surface area contributed by atoms with Crippen molar-refractivity contribution in [1.82, 2.24) is 15.0 Å². The van der Waals surface area contributed by atoms with Crippen LogP contribution in [0.25, 0.3) is 11.3 Å². The average Bonchev–Trinajstić information content (AvgIpc) is 3.18. The molecule has 2 aliphatic rings. The first-order chi connectivity index (χ1) is 13.8. The lowest BCUT2D eigenvalue weighted by molar-refractivity contribution is 0.122. The van der Waals surface area contributed by atoms with Crippen LogP contribution in [0.15, 0.2) is 48.8 Å². The Morgan fingerprint density at radius 3 is 2.57 bits per heavy atom. The molecule has 0 radical (unpaired) electrons. The maximum atomic E-state index is 5.52. The van der Waals surface area contributed by atoms with Crippen molar-refractivity contribution in [3.8, 4) is 11.3 Å². The van der Waals surface area contributed by atoms with E-state index in [9.17, 15) is 0 Å². The highest BCUT2D eigenvalue weighted by molar-refractivity contribution is 5.77. The van der Waals surface area contributed by atoms with Gasteiger partial charge in [0, 0.05) is 48.8 Å². The van der Waals surface area contributed by atoms with Crippen LogP contribution in [0.4, 0.5) is 17.5 Å². The first-order valence-corrected chi connectivity index (χ1v) is 9.78. The Bertz CT molecular complexity index is 985. The summed E-state index contributed by atoms with van der Waals surface area (Å²) in [5.41, 5.74) is 5.79. The molecule has 3 aromatic rings. The molecule has 28 heavy (non-hydrogen) atoms. The summed E-state index contributed by atoms with van der Waals surface area (Å²) in [6, 6.07) is 12.7. The molecule has 0 N–H and O–H groups in total. The third-order valence-electron chi connectivity index (χ3n) is 5.37. The number of aromatic nitrogens is 3. The standard InChI is InChI=1S/C22H23N5O/c1-16-3-2-4-17(15-16)20-19-7-10-27(18-5-8-23-9-6-18)21(19)25-22(24-20)26-11-13-28-14-12-26/h2-6,8-9,15H,7,10-14H2,1H3. The maximum Gasteiger partial charge on any atom is 0.228 e. The van der Waals surface area contributed by atoms with E-state index in [1.165, 1.54) is 11.1 Å². The van der Waals surface area contributed by atoms with Crippen molar-refractivity contribution < 1.29 is 4.74 Å².